The van der Waals surface area contributed by atoms with Crippen LogP contribution in [0.1, 0.15) is 26.7 Å². The summed E-state index contributed by atoms with van der Waals surface area (Å²) in [4.78, 5) is 12.8. The summed E-state index contributed by atoms with van der Waals surface area (Å²) in [6.45, 7) is 4.99. The molecule has 0 aromatic heterocycles. The van der Waals surface area contributed by atoms with Crippen molar-refractivity contribution >= 4 is 16.9 Å². The number of likely N-dealkylation sites (N-methyl/N-ethyl adjacent to an activating group) is 1. The first-order valence-electron chi connectivity index (χ1n) is 7.98. The van der Waals surface area contributed by atoms with Crippen molar-refractivity contribution in [3.63, 3.8) is 0 Å². The monoisotopic (exact) mass is 325 g/mol. The zero-order valence-electron chi connectivity index (χ0n) is 13.6. The van der Waals surface area contributed by atoms with Crippen LogP contribution in [-0.4, -0.2) is 41.8 Å². The summed E-state index contributed by atoms with van der Waals surface area (Å²) in [7, 11) is 1.27. The van der Waals surface area contributed by atoms with Crippen molar-refractivity contribution in [2.24, 2.45) is 5.92 Å². The Bertz CT molecular complexity index is 508. The lowest BCUT2D eigenvalue weighted by Crippen LogP contribution is -2.45. The smallest absolute Gasteiger partial charge is 0.321 e. The molecule has 0 amide bonds. The molecule has 4 nitrogen and oxygen atoms in total. The topological polar surface area (TPSA) is 58.6 Å². The van der Waals surface area contributed by atoms with Crippen LogP contribution in [0.25, 0.3) is 0 Å². The largest absolute Gasteiger partial charge is 0.494 e. The Hall–Kier alpha value is -1.20. The third-order valence-corrected chi connectivity index (χ3v) is 7.52. The molecule has 4 atom stereocenters. The minimum atomic E-state index is -0.743. The molecule has 1 aliphatic heterocycles. The highest BCUT2D eigenvalue weighted by Crippen LogP contribution is 2.52. The van der Waals surface area contributed by atoms with E-state index in [0.717, 1.165) is 31.0 Å². The van der Waals surface area contributed by atoms with E-state index in [2.05, 4.69) is 31.3 Å². The van der Waals surface area contributed by atoms with Crippen molar-refractivity contribution in [2.75, 3.05) is 19.4 Å². The summed E-state index contributed by atoms with van der Waals surface area (Å²) in [5, 5.41) is 12.7. The second-order valence-electron chi connectivity index (χ2n) is 5.90. The predicted molar refractivity (Wildman–Crippen MR) is 92.4 cm³/mol. The van der Waals surface area contributed by atoms with Crippen molar-refractivity contribution in [3.8, 4) is 5.75 Å². The number of ether oxygens (including phenoxy) is 1. The van der Waals surface area contributed by atoms with E-state index < -0.39 is 22.9 Å². The number of carboxylic acid groups (broad SMARTS) is 1. The van der Waals surface area contributed by atoms with Crippen molar-refractivity contribution in [1.29, 1.82) is 0 Å². The molecule has 5 heteroatoms. The van der Waals surface area contributed by atoms with Crippen LogP contribution in [0, 0.1) is 5.92 Å². The number of hydrogen-bond donors (Lipinski definition) is 3. The van der Waals surface area contributed by atoms with Gasteiger partial charge in [0.2, 0.25) is 0 Å². The number of carboxylic acids is 1. The lowest BCUT2D eigenvalue weighted by Gasteiger charge is -2.31. The molecule has 1 fully saturated rings. The molecular formula is C17H27NO3S. The second kappa shape index (κ2) is 7.88. The minimum Gasteiger partial charge on any atom is -0.494 e. The van der Waals surface area contributed by atoms with Crippen molar-refractivity contribution < 1.29 is 14.6 Å². The van der Waals surface area contributed by atoms with Gasteiger partial charge in [-0.2, -0.15) is 0 Å². The second-order valence-corrected chi connectivity index (χ2v) is 8.40. The molecule has 22 heavy (non-hydrogen) atoms. The summed E-state index contributed by atoms with van der Waals surface area (Å²) in [6.07, 6.45) is 2.08. The Balaban J connectivity index is 2.24. The van der Waals surface area contributed by atoms with Crippen LogP contribution < -0.4 is 10.1 Å². The first-order valence-corrected chi connectivity index (χ1v) is 9.57. The lowest BCUT2D eigenvalue weighted by molar-refractivity contribution is -0.139. The number of hydrogen-bond acceptors (Lipinski definition) is 3. The maximum atomic E-state index is 11.6. The van der Waals surface area contributed by atoms with Crippen molar-refractivity contribution in [3.05, 3.63) is 24.3 Å². The van der Waals surface area contributed by atoms with Crippen molar-refractivity contribution in [2.45, 2.75) is 42.9 Å². The Kier molecular flexibility index (Phi) is 6.15. The molecule has 2 N–H and O–H groups in total. The van der Waals surface area contributed by atoms with Gasteiger partial charge >= 0.3 is 5.97 Å². The number of rotatable bonds is 7. The molecule has 0 spiro atoms. The van der Waals surface area contributed by atoms with Gasteiger partial charge in [0.05, 0.1) is 6.61 Å². The zero-order valence-corrected chi connectivity index (χ0v) is 14.5. The molecule has 1 aromatic carbocycles. The molecule has 2 rings (SSSR count). The van der Waals surface area contributed by atoms with E-state index in [1.807, 2.05) is 12.1 Å². The Morgan fingerprint density at radius 1 is 1.55 bits per heavy atom. The van der Waals surface area contributed by atoms with Crippen LogP contribution in [0.4, 0.5) is 0 Å². The fourth-order valence-electron chi connectivity index (χ4n) is 3.19. The van der Waals surface area contributed by atoms with Gasteiger partial charge in [-0.15, -0.1) is 0 Å². The number of nitrogens with one attached hydrogen (secondary N) is 1. The Morgan fingerprint density at radius 2 is 2.32 bits per heavy atom. The van der Waals surface area contributed by atoms with E-state index in [9.17, 15) is 9.90 Å². The highest BCUT2D eigenvalue weighted by atomic mass is 32.2. The molecule has 0 aliphatic carbocycles. The van der Waals surface area contributed by atoms with E-state index in [1.54, 1.807) is 7.05 Å². The average molecular weight is 325 g/mol. The number of benzene rings is 1. The SMILES string of the molecule is CCCOc1cccc([SH]2CC[C@@H](C)[C@@H]2C(NC)C(=O)O)c1. The standard InChI is InChI=1S/C17H27NO3S/c1-4-9-21-13-6-5-7-14(11-13)22-10-8-12(2)16(22)15(18-3)17(19)20/h5-7,11-12,15-16,18,22H,4,8-10H2,1-3H3,(H,19,20)/t12-,15?,16-/m1/s1. The predicted octanol–water partition coefficient (Wildman–Crippen LogP) is 2.92. The van der Waals surface area contributed by atoms with E-state index in [0.29, 0.717) is 5.92 Å². The highest BCUT2D eigenvalue weighted by Gasteiger charge is 2.40. The van der Waals surface area contributed by atoms with Crippen LogP contribution >= 0.6 is 10.9 Å². The van der Waals surface area contributed by atoms with E-state index >= 15 is 0 Å². The maximum absolute atomic E-state index is 11.6. The molecule has 2 unspecified atom stereocenters. The number of aliphatic carboxylic acids is 1. The summed E-state index contributed by atoms with van der Waals surface area (Å²) < 4.78 is 5.73. The molecule has 0 radical (unpaired) electrons. The zero-order chi connectivity index (χ0) is 16.1. The Labute approximate surface area is 135 Å². The van der Waals surface area contributed by atoms with Gasteiger partial charge in [0, 0.05) is 5.25 Å². The molecule has 1 aromatic rings. The van der Waals surface area contributed by atoms with Gasteiger partial charge in [-0.1, -0.05) is 26.0 Å². The lowest BCUT2D eigenvalue weighted by atomic mass is 9.99. The van der Waals surface area contributed by atoms with E-state index in [-0.39, 0.29) is 5.25 Å². The summed E-state index contributed by atoms with van der Waals surface area (Å²) in [5.41, 5.74) is 0. The third-order valence-electron chi connectivity index (χ3n) is 4.31. The molecule has 1 saturated heterocycles. The first-order chi connectivity index (χ1) is 10.6. The highest BCUT2D eigenvalue weighted by molar-refractivity contribution is 8.17. The van der Waals surface area contributed by atoms with Gasteiger partial charge < -0.3 is 15.2 Å². The van der Waals surface area contributed by atoms with Gasteiger partial charge in [0.25, 0.3) is 0 Å². The molecule has 0 bridgehead atoms. The van der Waals surface area contributed by atoms with Gasteiger partial charge in [-0.3, -0.25) is 4.79 Å². The molecular weight excluding hydrogens is 298 g/mol. The van der Waals surface area contributed by atoms with Crippen molar-refractivity contribution in [1.82, 2.24) is 5.32 Å². The fraction of sp³-hybridized carbons (Fsp3) is 0.588. The van der Waals surface area contributed by atoms with Gasteiger partial charge in [-0.05, 0) is 48.6 Å². The molecule has 1 heterocycles. The average Bonchev–Trinajstić information content (AvgIpc) is 2.88. The van der Waals surface area contributed by atoms with E-state index in [4.69, 9.17) is 4.74 Å². The normalized spacial score (nSPS) is 27.5. The third kappa shape index (κ3) is 3.76. The summed E-state index contributed by atoms with van der Waals surface area (Å²) in [6, 6.07) is 7.78. The first kappa shape index (κ1) is 17.2. The van der Waals surface area contributed by atoms with Gasteiger partial charge in [-0.25, -0.2) is 10.9 Å². The summed E-state index contributed by atoms with van der Waals surface area (Å²) in [5.74, 6) is 1.69. The number of thiol groups is 1. The molecule has 0 saturated carbocycles. The van der Waals surface area contributed by atoms with Crippen LogP contribution in [0.3, 0.4) is 0 Å². The molecule has 1 aliphatic rings. The van der Waals surface area contributed by atoms with Crippen LogP contribution in [0.2, 0.25) is 0 Å². The summed E-state index contributed by atoms with van der Waals surface area (Å²) >= 11 is 0. The number of carbonyl (C=O) groups is 1. The van der Waals surface area contributed by atoms with Crippen LogP contribution in [0.15, 0.2) is 29.2 Å². The van der Waals surface area contributed by atoms with Crippen LogP contribution in [-0.2, 0) is 4.79 Å². The fourth-order valence-corrected chi connectivity index (χ4v) is 6.75. The Morgan fingerprint density at radius 3 is 2.95 bits per heavy atom. The van der Waals surface area contributed by atoms with E-state index in [1.165, 1.54) is 4.90 Å². The maximum Gasteiger partial charge on any atom is 0.321 e. The van der Waals surface area contributed by atoms with Gasteiger partial charge in [0.15, 0.2) is 0 Å². The quantitative estimate of drug-likeness (QED) is 0.675. The van der Waals surface area contributed by atoms with Crippen LogP contribution in [0.5, 0.6) is 5.75 Å². The minimum absolute atomic E-state index is 0.180. The molecule has 124 valence electrons. The van der Waals surface area contributed by atoms with Gasteiger partial charge in [0.1, 0.15) is 11.8 Å².